The van der Waals surface area contributed by atoms with E-state index in [2.05, 4.69) is 159 Å². The fourth-order valence-electron chi connectivity index (χ4n) is 2.55. The lowest BCUT2D eigenvalue weighted by Crippen LogP contribution is -2.42. The Morgan fingerprint density at radius 2 is 0.852 bits per heavy atom. The molecule has 0 bridgehead atoms. The van der Waals surface area contributed by atoms with Crippen LogP contribution in [0.5, 0.6) is 0 Å². The summed E-state index contributed by atoms with van der Waals surface area (Å²) in [5, 5.41) is 0. The fraction of sp³-hybridized carbons (Fsp3) is 1.00. The van der Waals surface area contributed by atoms with Gasteiger partial charge in [0.05, 0.1) is 0 Å². The fourth-order valence-corrected chi connectivity index (χ4v) is 6.97. The molecule has 0 amide bonds. The zero-order valence-corrected chi connectivity index (χ0v) is 32.0. The second kappa shape index (κ2) is 14.5. The van der Waals surface area contributed by atoms with Crippen LogP contribution in [0.25, 0.3) is 0 Å². The normalized spacial score (nSPS) is 22.4. The molecule has 0 nitrogen and oxygen atoms in total. The molecule has 14 heteroatoms. The molecule has 6 atom stereocenters. The first kappa shape index (κ1) is 33.0. The Morgan fingerprint density at radius 3 is 1.04 bits per heavy atom. The number of rotatable bonds is 12. The smallest absolute Gasteiger partial charge is 0.109 e. The summed E-state index contributed by atoms with van der Waals surface area (Å²) in [6.07, 6.45) is 2.87. The molecule has 0 heterocycles. The highest BCUT2D eigenvalue weighted by Crippen LogP contribution is 2.60. The second-order valence-electron chi connectivity index (χ2n) is 6.04. The van der Waals surface area contributed by atoms with Crippen LogP contribution in [0.15, 0.2) is 0 Å². The minimum atomic E-state index is -0.915. The molecule has 0 radical (unpaired) electrons. The van der Waals surface area contributed by atoms with Crippen LogP contribution >= 0.6 is 206 Å². The van der Waals surface area contributed by atoms with Crippen LogP contribution < -0.4 is 0 Å². The number of halogens is 14. The molecule has 0 aliphatic heterocycles. The molecule has 0 saturated heterocycles. The molecule has 27 heavy (non-hydrogen) atoms. The summed E-state index contributed by atoms with van der Waals surface area (Å²) in [6.45, 7) is 0. The van der Waals surface area contributed by atoms with E-state index < -0.39 is 5.93 Å². The minimum Gasteiger partial charge on any atom is -0.109 e. The maximum absolute atomic E-state index is 6.53. The Morgan fingerprint density at radius 1 is 0.593 bits per heavy atom. The highest BCUT2D eigenvalue weighted by molar-refractivity contribution is 9.31. The van der Waals surface area contributed by atoms with E-state index in [4.69, 9.17) is 46.4 Å². The Labute approximate surface area is 265 Å². The van der Waals surface area contributed by atoms with Crippen molar-refractivity contribution in [2.45, 2.75) is 59.0 Å². The van der Waals surface area contributed by atoms with Gasteiger partial charge in [0.25, 0.3) is 0 Å². The SMILES string of the molecule is ClC(Br)C(Br)CC(CC(Br)C(Cl)Br)(CC(Br)C(Cl)Br)CC(Br)(Br)C(Cl)(Br)Br. The van der Waals surface area contributed by atoms with E-state index in [0.29, 0.717) is 6.42 Å². The van der Waals surface area contributed by atoms with E-state index in [1.54, 1.807) is 0 Å². The molecule has 0 saturated carbocycles. The minimum absolute atomic E-state index is 0.0120. The molecule has 6 unspecified atom stereocenters. The Balaban J connectivity index is 6.10. The average Bonchev–Trinajstić information content (AvgIpc) is 2.44. The number of hydrogen-bond acceptors (Lipinski definition) is 0. The molecular formula is C13H14Br10Cl4. The predicted octanol–water partition coefficient (Wildman–Crippen LogP) is 11.9. The van der Waals surface area contributed by atoms with Crippen molar-refractivity contribution >= 4 is 206 Å². The van der Waals surface area contributed by atoms with Gasteiger partial charge >= 0.3 is 0 Å². The molecule has 0 aliphatic rings. The summed E-state index contributed by atoms with van der Waals surface area (Å²) >= 11 is 61.3. The van der Waals surface area contributed by atoms with Crippen molar-refractivity contribution in [1.29, 1.82) is 0 Å². The van der Waals surface area contributed by atoms with Crippen molar-refractivity contribution in [3.63, 3.8) is 0 Å². The van der Waals surface area contributed by atoms with Crippen LogP contribution in [-0.2, 0) is 0 Å². The van der Waals surface area contributed by atoms with Crippen LogP contribution in [0, 0.1) is 5.41 Å². The Hall–Kier alpha value is 5.96. The van der Waals surface area contributed by atoms with E-state index in [1.165, 1.54) is 0 Å². The van der Waals surface area contributed by atoms with Crippen LogP contribution in [0.1, 0.15) is 25.7 Å². The summed E-state index contributed by atoms with van der Waals surface area (Å²) in [4.78, 5) is 0.0360. The summed E-state index contributed by atoms with van der Waals surface area (Å²) in [6, 6.07) is 0. The van der Waals surface area contributed by atoms with Gasteiger partial charge in [-0.15, -0.1) is 34.8 Å². The maximum Gasteiger partial charge on any atom is 0.178 e. The van der Waals surface area contributed by atoms with E-state index in [1.807, 2.05) is 0 Å². The quantitative estimate of drug-likeness (QED) is 0.171. The van der Waals surface area contributed by atoms with Gasteiger partial charge < -0.3 is 0 Å². The third-order valence-corrected chi connectivity index (χ3v) is 18.2. The first-order valence-corrected chi connectivity index (χ1v) is 17.5. The van der Waals surface area contributed by atoms with Gasteiger partial charge in [0.1, 0.15) is 16.1 Å². The summed E-state index contributed by atoms with van der Waals surface area (Å²) < 4.78 is -2.29. The van der Waals surface area contributed by atoms with Crippen molar-refractivity contribution in [3.8, 4) is 0 Å². The van der Waals surface area contributed by atoms with Gasteiger partial charge in [-0.2, -0.15) is 0 Å². The van der Waals surface area contributed by atoms with Crippen molar-refractivity contribution in [2.75, 3.05) is 0 Å². The van der Waals surface area contributed by atoms with E-state index in [-0.39, 0.29) is 32.8 Å². The molecule has 0 aromatic rings. The van der Waals surface area contributed by atoms with E-state index >= 15 is 0 Å². The van der Waals surface area contributed by atoms with Gasteiger partial charge in [-0.05, 0) is 31.1 Å². The van der Waals surface area contributed by atoms with E-state index in [0.717, 1.165) is 19.3 Å². The van der Waals surface area contributed by atoms with E-state index in [9.17, 15) is 0 Å². The maximum atomic E-state index is 6.53. The van der Waals surface area contributed by atoms with Crippen molar-refractivity contribution in [1.82, 2.24) is 0 Å². The molecule has 164 valence electrons. The molecule has 0 aromatic heterocycles. The van der Waals surface area contributed by atoms with Gasteiger partial charge in [0.15, 0.2) is 2.69 Å². The lowest BCUT2D eigenvalue weighted by molar-refractivity contribution is 0.199. The standard InChI is InChI=1S/C13H14Br10Cl4/c14-5(8(17)24)1-11(2-6(15)9(18)25,3-7(16)10(19)26)4-12(20,21)13(22,23)27/h5-10H,1-4H2. The van der Waals surface area contributed by atoms with Gasteiger partial charge in [-0.1, -0.05) is 171 Å². The second-order valence-corrected chi connectivity index (χ2v) is 24.2. The molecule has 0 fully saturated rings. The molecule has 0 N–H and O–H groups in total. The Bertz CT molecular complexity index is 403. The molecule has 0 aliphatic carbocycles. The zero-order chi connectivity index (χ0) is 21.8. The summed E-state index contributed by atoms with van der Waals surface area (Å²) in [5.74, 6) is 0. The topological polar surface area (TPSA) is 0 Å². The molecule has 0 rings (SSSR count). The lowest BCUT2D eigenvalue weighted by Gasteiger charge is -2.45. The molecule has 0 spiro atoms. The van der Waals surface area contributed by atoms with Crippen LogP contribution in [0.2, 0.25) is 0 Å². The molecular weight excluding hydrogens is 1100 g/mol. The first-order chi connectivity index (χ1) is 11.9. The van der Waals surface area contributed by atoms with Gasteiger partial charge in [0.2, 0.25) is 0 Å². The zero-order valence-electron chi connectivity index (χ0n) is 13.1. The van der Waals surface area contributed by atoms with Crippen LogP contribution in [0.3, 0.4) is 0 Å². The van der Waals surface area contributed by atoms with Crippen molar-refractivity contribution in [2.24, 2.45) is 5.41 Å². The third kappa shape index (κ3) is 12.5. The average molecular weight is 1110 g/mol. The monoisotopic (exact) mass is 1100 g/mol. The van der Waals surface area contributed by atoms with Gasteiger partial charge in [0, 0.05) is 14.5 Å². The summed E-state index contributed by atoms with van der Waals surface area (Å²) in [7, 11) is 0. The highest BCUT2D eigenvalue weighted by Gasteiger charge is 2.51. The van der Waals surface area contributed by atoms with Crippen molar-refractivity contribution in [3.05, 3.63) is 0 Å². The highest BCUT2D eigenvalue weighted by atomic mass is 79.9. The summed E-state index contributed by atoms with van der Waals surface area (Å²) in [5.41, 5.74) is -0.270. The number of alkyl halides is 14. The van der Waals surface area contributed by atoms with Crippen LogP contribution in [0.4, 0.5) is 0 Å². The number of hydrogen-bond donors (Lipinski definition) is 0. The largest absolute Gasteiger partial charge is 0.178 e. The third-order valence-electron chi connectivity index (χ3n) is 3.72. The first-order valence-electron chi connectivity index (χ1n) is 7.15. The van der Waals surface area contributed by atoms with Gasteiger partial charge in [-0.3, -0.25) is 0 Å². The predicted molar refractivity (Wildman–Crippen MR) is 162 cm³/mol. The van der Waals surface area contributed by atoms with Crippen molar-refractivity contribution < 1.29 is 0 Å². The van der Waals surface area contributed by atoms with Gasteiger partial charge in [-0.25, -0.2) is 0 Å². The lowest BCUT2D eigenvalue weighted by atomic mass is 9.72. The molecule has 0 aromatic carbocycles. The van der Waals surface area contributed by atoms with Crippen LogP contribution in [-0.4, -0.2) is 33.3 Å². The Kier molecular flexibility index (Phi) is 17.7.